The first kappa shape index (κ1) is 12.9. The van der Waals surface area contributed by atoms with Gasteiger partial charge in [-0.25, -0.2) is 4.68 Å². The summed E-state index contributed by atoms with van der Waals surface area (Å²) in [6, 6.07) is 5.26. The maximum Gasteiger partial charge on any atom is 0.209 e. The molecule has 0 bridgehead atoms. The molecule has 5 nitrogen and oxygen atoms in total. The lowest BCUT2D eigenvalue weighted by atomic mass is 10.1. The number of nitrogens with zero attached hydrogens (tertiary/aromatic N) is 3. The molecule has 2 N–H and O–H groups in total. The molecular formula is C11H11ClN4OS. The minimum atomic E-state index is -0.0111. The summed E-state index contributed by atoms with van der Waals surface area (Å²) in [6.45, 7) is 1.87. The zero-order chi connectivity index (χ0) is 13.1. The smallest absolute Gasteiger partial charge is 0.209 e. The molecule has 0 aliphatic heterocycles. The Kier molecular flexibility index (Phi) is 3.88. The van der Waals surface area contributed by atoms with Gasteiger partial charge in [-0.05, 0) is 24.6 Å². The van der Waals surface area contributed by atoms with Gasteiger partial charge in [-0.1, -0.05) is 29.4 Å². The summed E-state index contributed by atoms with van der Waals surface area (Å²) in [6.07, 6.45) is 1.39. The Balaban J connectivity index is 2.08. The highest BCUT2D eigenvalue weighted by Gasteiger charge is 2.12. The zero-order valence-electron chi connectivity index (χ0n) is 9.63. The second-order valence-electron chi connectivity index (χ2n) is 3.69. The third-order valence-corrected chi connectivity index (χ3v) is 3.56. The van der Waals surface area contributed by atoms with E-state index in [4.69, 9.17) is 17.4 Å². The van der Waals surface area contributed by atoms with Gasteiger partial charge in [0, 0.05) is 10.6 Å². The molecule has 0 aliphatic rings. The molecule has 0 radical (unpaired) electrons. The summed E-state index contributed by atoms with van der Waals surface area (Å²) < 4.78 is 1.28. The number of nitrogens with two attached hydrogens (primary N) is 1. The van der Waals surface area contributed by atoms with E-state index in [0.717, 1.165) is 5.56 Å². The highest BCUT2D eigenvalue weighted by Crippen LogP contribution is 2.19. The number of Topliss-reactive ketones (excluding diaryl/α,β-unsaturated/α-hetero) is 1. The van der Waals surface area contributed by atoms with Crippen molar-refractivity contribution in [2.24, 2.45) is 0 Å². The number of rotatable bonds is 4. The predicted octanol–water partition coefficient (Wildman–Crippen LogP) is 1.93. The third kappa shape index (κ3) is 2.83. The summed E-state index contributed by atoms with van der Waals surface area (Å²) in [5.41, 5.74) is 1.53. The van der Waals surface area contributed by atoms with Gasteiger partial charge in [0.25, 0.3) is 0 Å². The van der Waals surface area contributed by atoms with Crippen molar-refractivity contribution in [1.82, 2.24) is 14.9 Å². The van der Waals surface area contributed by atoms with Gasteiger partial charge in [0.2, 0.25) is 5.16 Å². The number of aromatic nitrogens is 3. The standard InChI is InChI=1S/C11H11ClN4OS/c1-7-2-3-8(12)4-9(7)10(17)5-18-11-15-14-6-16(11)13/h2-4,6H,5,13H2,1H3. The molecule has 7 heteroatoms. The van der Waals surface area contributed by atoms with Crippen molar-refractivity contribution < 1.29 is 4.79 Å². The quantitative estimate of drug-likeness (QED) is 0.527. The summed E-state index contributed by atoms with van der Waals surface area (Å²) in [4.78, 5) is 12.0. The molecule has 0 saturated heterocycles. The minimum absolute atomic E-state index is 0.0111. The average Bonchev–Trinajstić information content (AvgIpc) is 2.75. The van der Waals surface area contributed by atoms with E-state index in [9.17, 15) is 4.79 Å². The monoisotopic (exact) mass is 282 g/mol. The molecule has 0 aliphatic carbocycles. The number of nitrogen functional groups attached to an aromatic ring is 1. The first-order chi connectivity index (χ1) is 8.58. The Morgan fingerprint density at radius 1 is 1.56 bits per heavy atom. The summed E-state index contributed by atoms with van der Waals surface area (Å²) in [5.74, 6) is 5.79. The van der Waals surface area contributed by atoms with Crippen LogP contribution in [0, 0.1) is 6.92 Å². The minimum Gasteiger partial charge on any atom is -0.336 e. The van der Waals surface area contributed by atoms with Crippen LogP contribution in [0.5, 0.6) is 0 Å². The Bertz CT molecular complexity index is 584. The van der Waals surface area contributed by atoms with Gasteiger partial charge in [-0.2, -0.15) is 0 Å². The number of carbonyl (C=O) groups is 1. The van der Waals surface area contributed by atoms with Gasteiger partial charge in [0.1, 0.15) is 6.33 Å². The molecular weight excluding hydrogens is 272 g/mol. The van der Waals surface area contributed by atoms with Crippen LogP contribution in [0.2, 0.25) is 5.02 Å². The topological polar surface area (TPSA) is 73.8 Å². The van der Waals surface area contributed by atoms with E-state index < -0.39 is 0 Å². The fourth-order valence-corrected chi connectivity index (χ4v) is 2.33. The van der Waals surface area contributed by atoms with Crippen molar-refractivity contribution in [3.8, 4) is 0 Å². The Morgan fingerprint density at radius 2 is 2.33 bits per heavy atom. The average molecular weight is 283 g/mol. The SMILES string of the molecule is Cc1ccc(Cl)cc1C(=O)CSc1nncn1N. The molecule has 1 heterocycles. The Morgan fingerprint density at radius 3 is 3.00 bits per heavy atom. The van der Waals surface area contributed by atoms with E-state index in [0.29, 0.717) is 15.7 Å². The van der Waals surface area contributed by atoms with Crippen molar-refractivity contribution in [3.05, 3.63) is 40.7 Å². The van der Waals surface area contributed by atoms with Gasteiger partial charge in [0.15, 0.2) is 5.78 Å². The van der Waals surface area contributed by atoms with E-state index in [1.807, 2.05) is 13.0 Å². The van der Waals surface area contributed by atoms with E-state index >= 15 is 0 Å². The maximum atomic E-state index is 12.0. The first-order valence-corrected chi connectivity index (χ1v) is 6.51. The van der Waals surface area contributed by atoms with E-state index in [1.165, 1.54) is 22.8 Å². The second kappa shape index (κ2) is 5.41. The van der Waals surface area contributed by atoms with Gasteiger partial charge in [-0.15, -0.1) is 10.2 Å². The van der Waals surface area contributed by atoms with Gasteiger partial charge >= 0.3 is 0 Å². The van der Waals surface area contributed by atoms with Crippen molar-refractivity contribution >= 4 is 29.1 Å². The number of hydrogen-bond donors (Lipinski definition) is 1. The summed E-state index contributed by atoms with van der Waals surface area (Å²) in [7, 11) is 0. The van der Waals surface area contributed by atoms with Gasteiger partial charge < -0.3 is 5.84 Å². The number of carbonyl (C=O) groups excluding carboxylic acids is 1. The van der Waals surface area contributed by atoms with Crippen molar-refractivity contribution in [3.63, 3.8) is 0 Å². The molecule has 2 rings (SSSR count). The van der Waals surface area contributed by atoms with Crippen LogP contribution >= 0.6 is 23.4 Å². The number of halogens is 1. The molecule has 18 heavy (non-hydrogen) atoms. The molecule has 0 spiro atoms. The third-order valence-electron chi connectivity index (χ3n) is 2.37. The lowest BCUT2D eigenvalue weighted by molar-refractivity contribution is 0.102. The number of benzene rings is 1. The van der Waals surface area contributed by atoms with Crippen LogP contribution in [-0.4, -0.2) is 26.4 Å². The number of hydrogen-bond acceptors (Lipinski definition) is 5. The molecule has 0 atom stereocenters. The Hall–Kier alpha value is -1.53. The molecule has 0 fully saturated rings. The molecule has 0 saturated carbocycles. The van der Waals surface area contributed by atoms with Crippen molar-refractivity contribution in [1.29, 1.82) is 0 Å². The fourth-order valence-electron chi connectivity index (χ4n) is 1.44. The maximum absolute atomic E-state index is 12.0. The van der Waals surface area contributed by atoms with Crippen LogP contribution < -0.4 is 5.84 Å². The summed E-state index contributed by atoms with van der Waals surface area (Å²) in [5, 5.41) is 8.49. The van der Waals surface area contributed by atoms with Crippen LogP contribution in [-0.2, 0) is 0 Å². The normalized spacial score (nSPS) is 10.6. The number of ketones is 1. The largest absolute Gasteiger partial charge is 0.336 e. The highest BCUT2D eigenvalue weighted by atomic mass is 35.5. The molecule has 1 aromatic carbocycles. The van der Waals surface area contributed by atoms with Crippen molar-refractivity contribution in [2.75, 3.05) is 11.6 Å². The number of aryl methyl sites for hydroxylation is 1. The van der Waals surface area contributed by atoms with Crippen LogP contribution in [0.15, 0.2) is 29.7 Å². The van der Waals surface area contributed by atoms with Gasteiger partial charge in [0.05, 0.1) is 5.75 Å². The summed E-state index contributed by atoms with van der Waals surface area (Å²) >= 11 is 7.12. The predicted molar refractivity (Wildman–Crippen MR) is 71.4 cm³/mol. The van der Waals surface area contributed by atoms with E-state index in [2.05, 4.69) is 10.2 Å². The zero-order valence-corrected chi connectivity index (χ0v) is 11.2. The lowest BCUT2D eigenvalue weighted by Gasteiger charge is -2.05. The van der Waals surface area contributed by atoms with Crippen LogP contribution in [0.25, 0.3) is 0 Å². The van der Waals surface area contributed by atoms with Crippen LogP contribution in [0.1, 0.15) is 15.9 Å². The fraction of sp³-hybridized carbons (Fsp3) is 0.182. The lowest BCUT2D eigenvalue weighted by Crippen LogP contribution is -2.10. The van der Waals surface area contributed by atoms with Crippen molar-refractivity contribution in [2.45, 2.75) is 12.1 Å². The Labute approximate surface area is 113 Å². The molecule has 94 valence electrons. The highest BCUT2D eigenvalue weighted by molar-refractivity contribution is 7.99. The van der Waals surface area contributed by atoms with Gasteiger partial charge in [-0.3, -0.25) is 4.79 Å². The van der Waals surface area contributed by atoms with E-state index in [1.54, 1.807) is 12.1 Å². The van der Waals surface area contributed by atoms with Crippen LogP contribution in [0.4, 0.5) is 0 Å². The van der Waals surface area contributed by atoms with E-state index in [-0.39, 0.29) is 11.5 Å². The van der Waals surface area contributed by atoms with Crippen LogP contribution in [0.3, 0.4) is 0 Å². The molecule has 0 amide bonds. The number of thioether (sulfide) groups is 1. The first-order valence-electron chi connectivity index (χ1n) is 5.15. The molecule has 2 aromatic rings. The molecule has 1 aromatic heterocycles. The molecule has 0 unspecified atom stereocenters. The second-order valence-corrected chi connectivity index (χ2v) is 5.07.